The molecule has 1 N–H and O–H groups in total. The highest BCUT2D eigenvalue weighted by molar-refractivity contribution is 6.09. The van der Waals surface area contributed by atoms with Crippen LogP contribution in [0.1, 0.15) is 34.8 Å². The molecule has 1 aliphatic rings. The van der Waals surface area contributed by atoms with Gasteiger partial charge < -0.3 is 5.32 Å². The van der Waals surface area contributed by atoms with E-state index in [2.05, 4.69) is 29.6 Å². The number of ketones is 1. The van der Waals surface area contributed by atoms with Crippen molar-refractivity contribution in [3.05, 3.63) is 71.3 Å². The number of rotatable bonds is 3. The van der Waals surface area contributed by atoms with E-state index in [9.17, 15) is 4.79 Å². The van der Waals surface area contributed by atoms with Crippen LogP contribution in [0.3, 0.4) is 0 Å². The van der Waals surface area contributed by atoms with E-state index in [0.717, 1.165) is 47.0 Å². The standard InChI is InChI=1S/C21H19NO/c1-14(23)21-19-9-5-6-15(19)12-16-10-11-18(13-20(16)21)22-17-7-3-2-4-8-17/h2-4,7-8,10-13,22H,5-6,9H2,1H3. The largest absolute Gasteiger partial charge is 0.356 e. The number of para-hydroxylation sites is 1. The van der Waals surface area contributed by atoms with Crippen molar-refractivity contribution < 1.29 is 4.79 Å². The number of nitrogens with one attached hydrogen (secondary N) is 1. The van der Waals surface area contributed by atoms with Gasteiger partial charge in [0, 0.05) is 16.9 Å². The Balaban J connectivity index is 1.86. The molecule has 2 nitrogen and oxygen atoms in total. The first kappa shape index (κ1) is 14.0. The summed E-state index contributed by atoms with van der Waals surface area (Å²) in [5.41, 5.74) is 5.61. The Labute approximate surface area is 136 Å². The van der Waals surface area contributed by atoms with Gasteiger partial charge in [-0.3, -0.25) is 4.79 Å². The molecular weight excluding hydrogens is 282 g/mol. The number of hydrogen-bond acceptors (Lipinski definition) is 2. The Kier molecular flexibility index (Phi) is 3.38. The second-order valence-corrected chi connectivity index (χ2v) is 6.23. The van der Waals surface area contributed by atoms with Crippen LogP contribution in [-0.4, -0.2) is 5.78 Å². The van der Waals surface area contributed by atoms with Crippen molar-refractivity contribution >= 4 is 27.9 Å². The molecule has 0 aromatic heterocycles. The molecule has 0 bridgehead atoms. The highest BCUT2D eigenvalue weighted by Gasteiger charge is 2.20. The molecule has 2 heteroatoms. The fraction of sp³-hybridized carbons (Fsp3) is 0.190. The third kappa shape index (κ3) is 2.50. The Morgan fingerprint density at radius 3 is 2.57 bits per heavy atom. The van der Waals surface area contributed by atoms with Gasteiger partial charge in [-0.15, -0.1) is 0 Å². The lowest BCUT2D eigenvalue weighted by atomic mass is 9.93. The van der Waals surface area contributed by atoms with Gasteiger partial charge in [0.15, 0.2) is 5.78 Å². The van der Waals surface area contributed by atoms with Crippen molar-refractivity contribution in [2.24, 2.45) is 0 Å². The molecule has 0 saturated carbocycles. The highest BCUT2D eigenvalue weighted by Crippen LogP contribution is 2.34. The highest BCUT2D eigenvalue weighted by atomic mass is 16.1. The van der Waals surface area contributed by atoms with Gasteiger partial charge in [-0.1, -0.05) is 30.3 Å². The predicted octanol–water partition coefficient (Wildman–Crippen LogP) is 5.27. The van der Waals surface area contributed by atoms with Crippen LogP contribution in [0.15, 0.2) is 54.6 Å². The maximum absolute atomic E-state index is 12.3. The SMILES string of the molecule is CC(=O)c1c2c(cc3ccc(Nc4ccccc4)cc13)CCC2. The molecule has 23 heavy (non-hydrogen) atoms. The van der Waals surface area contributed by atoms with Crippen LogP contribution in [0, 0.1) is 0 Å². The number of fused-ring (bicyclic) bond motifs is 2. The molecule has 0 radical (unpaired) electrons. The number of aryl methyl sites for hydroxylation is 1. The molecule has 0 saturated heterocycles. The molecule has 3 aromatic carbocycles. The topological polar surface area (TPSA) is 29.1 Å². The summed E-state index contributed by atoms with van der Waals surface area (Å²) in [4.78, 5) is 12.3. The molecule has 3 aromatic rings. The van der Waals surface area contributed by atoms with E-state index in [-0.39, 0.29) is 5.78 Å². The van der Waals surface area contributed by atoms with Gasteiger partial charge in [-0.2, -0.15) is 0 Å². The van der Waals surface area contributed by atoms with E-state index in [1.165, 1.54) is 11.1 Å². The maximum atomic E-state index is 12.3. The summed E-state index contributed by atoms with van der Waals surface area (Å²) in [6, 6.07) is 18.7. The van der Waals surface area contributed by atoms with Gasteiger partial charge in [0.05, 0.1) is 0 Å². The molecule has 114 valence electrons. The second-order valence-electron chi connectivity index (χ2n) is 6.23. The Hall–Kier alpha value is -2.61. The number of benzene rings is 3. The van der Waals surface area contributed by atoms with Crippen molar-refractivity contribution in [2.75, 3.05) is 5.32 Å². The van der Waals surface area contributed by atoms with Crippen LogP contribution in [0.5, 0.6) is 0 Å². The van der Waals surface area contributed by atoms with E-state index in [1.54, 1.807) is 6.92 Å². The minimum atomic E-state index is 0.172. The van der Waals surface area contributed by atoms with Crippen LogP contribution >= 0.6 is 0 Å². The Bertz CT molecular complexity index is 897. The van der Waals surface area contributed by atoms with E-state index >= 15 is 0 Å². The van der Waals surface area contributed by atoms with Gasteiger partial charge in [0.1, 0.15) is 0 Å². The van der Waals surface area contributed by atoms with Gasteiger partial charge >= 0.3 is 0 Å². The molecule has 0 heterocycles. The molecule has 0 spiro atoms. The van der Waals surface area contributed by atoms with Crippen LogP contribution in [-0.2, 0) is 12.8 Å². The average molecular weight is 301 g/mol. The Morgan fingerprint density at radius 2 is 1.78 bits per heavy atom. The fourth-order valence-corrected chi connectivity index (χ4v) is 3.63. The zero-order valence-corrected chi connectivity index (χ0v) is 13.2. The van der Waals surface area contributed by atoms with Gasteiger partial charge in [-0.05, 0) is 72.4 Å². The van der Waals surface area contributed by atoms with E-state index < -0.39 is 0 Å². The minimum absolute atomic E-state index is 0.172. The summed E-state index contributed by atoms with van der Waals surface area (Å²) in [5.74, 6) is 0.172. The molecule has 0 aliphatic heterocycles. The average Bonchev–Trinajstić information content (AvgIpc) is 3.01. The third-order valence-corrected chi connectivity index (χ3v) is 4.63. The Morgan fingerprint density at radius 1 is 0.957 bits per heavy atom. The normalized spacial score (nSPS) is 13.1. The number of anilines is 2. The third-order valence-electron chi connectivity index (χ3n) is 4.63. The molecule has 0 unspecified atom stereocenters. The maximum Gasteiger partial charge on any atom is 0.160 e. The zero-order chi connectivity index (χ0) is 15.8. The molecule has 0 amide bonds. The molecule has 1 aliphatic carbocycles. The first-order valence-electron chi connectivity index (χ1n) is 8.14. The first-order chi connectivity index (χ1) is 11.2. The van der Waals surface area contributed by atoms with Crippen molar-refractivity contribution in [3.63, 3.8) is 0 Å². The summed E-state index contributed by atoms with van der Waals surface area (Å²) in [6.07, 6.45) is 3.27. The summed E-state index contributed by atoms with van der Waals surface area (Å²) < 4.78 is 0. The first-order valence-corrected chi connectivity index (χ1v) is 8.14. The zero-order valence-electron chi connectivity index (χ0n) is 13.2. The number of carbonyl (C=O) groups is 1. The molecule has 0 fully saturated rings. The summed E-state index contributed by atoms with van der Waals surface area (Å²) >= 11 is 0. The lowest BCUT2D eigenvalue weighted by Crippen LogP contribution is -2.01. The van der Waals surface area contributed by atoms with Gasteiger partial charge in [-0.25, -0.2) is 0 Å². The van der Waals surface area contributed by atoms with E-state index in [1.807, 2.05) is 30.3 Å². The molecule has 0 atom stereocenters. The molecular formula is C21H19NO. The van der Waals surface area contributed by atoms with Crippen molar-refractivity contribution in [3.8, 4) is 0 Å². The quantitative estimate of drug-likeness (QED) is 0.667. The summed E-state index contributed by atoms with van der Waals surface area (Å²) in [7, 11) is 0. The van der Waals surface area contributed by atoms with Gasteiger partial charge in [0.2, 0.25) is 0 Å². The van der Waals surface area contributed by atoms with Crippen LogP contribution < -0.4 is 5.32 Å². The predicted molar refractivity (Wildman–Crippen MR) is 95.7 cm³/mol. The van der Waals surface area contributed by atoms with Crippen molar-refractivity contribution in [1.82, 2.24) is 0 Å². The lowest BCUT2D eigenvalue weighted by Gasteiger charge is -2.13. The smallest absolute Gasteiger partial charge is 0.160 e. The summed E-state index contributed by atoms with van der Waals surface area (Å²) in [5, 5.41) is 5.65. The van der Waals surface area contributed by atoms with Crippen LogP contribution in [0.25, 0.3) is 10.8 Å². The van der Waals surface area contributed by atoms with Crippen LogP contribution in [0.4, 0.5) is 11.4 Å². The van der Waals surface area contributed by atoms with Crippen molar-refractivity contribution in [2.45, 2.75) is 26.2 Å². The van der Waals surface area contributed by atoms with Crippen LogP contribution in [0.2, 0.25) is 0 Å². The summed E-state index contributed by atoms with van der Waals surface area (Å²) in [6.45, 7) is 1.69. The minimum Gasteiger partial charge on any atom is -0.356 e. The van der Waals surface area contributed by atoms with Gasteiger partial charge in [0.25, 0.3) is 0 Å². The number of Topliss-reactive ketones (excluding diaryl/α,β-unsaturated/α-hetero) is 1. The fourth-order valence-electron chi connectivity index (χ4n) is 3.63. The van der Waals surface area contributed by atoms with E-state index in [0.29, 0.717) is 0 Å². The molecule has 4 rings (SSSR count). The number of hydrogen-bond donors (Lipinski definition) is 1. The monoisotopic (exact) mass is 301 g/mol. The number of carbonyl (C=O) groups excluding carboxylic acids is 1. The van der Waals surface area contributed by atoms with Crippen molar-refractivity contribution in [1.29, 1.82) is 0 Å². The second kappa shape index (κ2) is 5.54. The lowest BCUT2D eigenvalue weighted by molar-refractivity contribution is 0.101. The van der Waals surface area contributed by atoms with E-state index in [4.69, 9.17) is 0 Å².